The molecule has 1 aromatic heterocycles. The molecule has 2 rings (SSSR count). The van der Waals surface area contributed by atoms with Gasteiger partial charge in [0, 0.05) is 19.1 Å². The van der Waals surface area contributed by atoms with Gasteiger partial charge in [-0.15, -0.1) is 5.10 Å². The predicted octanol–water partition coefficient (Wildman–Crippen LogP) is 0.107. The maximum atomic E-state index is 5.93. The molecule has 5 nitrogen and oxygen atoms in total. The fraction of sp³-hybridized carbons (Fsp3) is 0.750. The number of rotatable bonds is 2. The summed E-state index contributed by atoms with van der Waals surface area (Å²) < 4.78 is 1.73. The number of hydrogen-bond acceptors (Lipinski definition) is 4. The molecule has 5 heteroatoms. The molecule has 0 aromatic carbocycles. The topological polar surface area (TPSA) is 68.8 Å². The third-order valence-electron chi connectivity index (χ3n) is 2.62. The number of nitrogens with two attached hydrogens (primary N) is 1. The number of hydrogen-bond donors (Lipinski definition) is 2. The summed E-state index contributed by atoms with van der Waals surface area (Å²) in [5.41, 5.74) is 5.93. The van der Waals surface area contributed by atoms with Crippen LogP contribution in [0.1, 0.15) is 19.3 Å². The van der Waals surface area contributed by atoms with Gasteiger partial charge in [0.25, 0.3) is 0 Å². The van der Waals surface area contributed by atoms with E-state index in [2.05, 4.69) is 15.6 Å². The maximum absolute atomic E-state index is 5.93. The average molecular weight is 181 g/mol. The summed E-state index contributed by atoms with van der Waals surface area (Å²) in [5.74, 6) is 0.947. The highest BCUT2D eigenvalue weighted by atomic mass is 15.4. The molecule has 0 radical (unpaired) electrons. The lowest BCUT2D eigenvalue weighted by molar-refractivity contribution is 0.624. The van der Waals surface area contributed by atoms with E-state index in [9.17, 15) is 0 Å². The van der Waals surface area contributed by atoms with Gasteiger partial charge in [-0.2, -0.15) is 0 Å². The zero-order valence-corrected chi connectivity index (χ0v) is 7.77. The van der Waals surface area contributed by atoms with Crippen molar-refractivity contribution in [1.29, 1.82) is 0 Å². The first kappa shape index (κ1) is 8.50. The number of nitrogens with one attached hydrogen (secondary N) is 1. The van der Waals surface area contributed by atoms with Gasteiger partial charge in [0.05, 0.1) is 6.20 Å². The van der Waals surface area contributed by atoms with Crippen LogP contribution in [-0.2, 0) is 7.05 Å². The molecule has 0 bridgehead atoms. The van der Waals surface area contributed by atoms with Crippen molar-refractivity contribution in [2.75, 3.05) is 5.32 Å². The Labute approximate surface area is 77.3 Å². The third kappa shape index (κ3) is 1.65. The number of anilines is 1. The van der Waals surface area contributed by atoms with E-state index in [0.29, 0.717) is 6.04 Å². The molecule has 0 saturated heterocycles. The quantitative estimate of drug-likeness (QED) is 0.679. The molecule has 2 atom stereocenters. The van der Waals surface area contributed by atoms with Crippen LogP contribution in [0.2, 0.25) is 0 Å². The zero-order valence-electron chi connectivity index (χ0n) is 7.77. The summed E-state index contributed by atoms with van der Waals surface area (Å²) in [4.78, 5) is 0. The van der Waals surface area contributed by atoms with Crippen molar-refractivity contribution >= 4 is 5.82 Å². The molecule has 1 saturated carbocycles. The van der Waals surface area contributed by atoms with E-state index in [4.69, 9.17) is 5.73 Å². The summed E-state index contributed by atoms with van der Waals surface area (Å²) in [6, 6.07) is 0.659. The molecule has 1 heterocycles. The van der Waals surface area contributed by atoms with E-state index in [1.807, 2.05) is 7.05 Å². The predicted molar refractivity (Wildman–Crippen MR) is 50.2 cm³/mol. The van der Waals surface area contributed by atoms with Crippen molar-refractivity contribution in [3.63, 3.8) is 0 Å². The Hall–Kier alpha value is -1.10. The van der Waals surface area contributed by atoms with Gasteiger partial charge in [-0.05, 0) is 19.3 Å². The molecule has 0 aliphatic heterocycles. The first-order chi connectivity index (χ1) is 6.27. The second kappa shape index (κ2) is 3.33. The molecule has 13 heavy (non-hydrogen) atoms. The van der Waals surface area contributed by atoms with E-state index in [0.717, 1.165) is 18.7 Å². The van der Waals surface area contributed by atoms with Gasteiger partial charge in [-0.1, -0.05) is 5.21 Å². The van der Waals surface area contributed by atoms with E-state index >= 15 is 0 Å². The van der Waals surface area contributed by atoms with E-state index in [1.165, 1.54) is 6.42 Å². The molecule has 2 unspecified atom stereocenters. The average Bonchev–Trinajstić information content (AvgIpc) is 2.65. The highest BCUT2D eigenvalue weighted by Crippen LogP contribution is 2.20. The van der Waals surface area contributed by atoms with E-state index in [-0.39, 0.29) is 6.04 Å². The second-order valence-electron chi connectivity index (χ2n) is 3.59. The van der Waals surface area contributed by atoms with Crippen LogP contribution in [0.4, 0.5) is 5.82 Å². The van der Waals surface area contributed by atoms with Gasteiger partial charge in [0.2, 0.25) is 0 Å². The Morgan fingerprint density at radius 1 is 1.62 bits per heavy atom. The fourth-order valence-corrected chi connectivity index (χ4v) is 1.78. The van der Waals surface area contributed by atoms with Crippen molar-refractivity contribution < 1.29 is 0 Å². The Kier molecular flexibility index (Phi) is 2.18. The molecule has 1 aliphatic carbocycles. The SMILES string of the molecule is Cn1nncc1NC1CCCC1N. The van der Waals surface area contributed by atoms with Crippen LogP contribution in [0.15, 0.2) is 6.20 Å². The van der Waals surface area contributed by atoms with Crippen molar-refractivity contribution in [3.05, 3.63) is 6.20 Å². The fourth-order valence-electron chi connectivity index (χ4n) is 1.78. The smallest absolute Gasteiger partial charge is 0.144 e. The van der Waals surface area contributed by atoms with Crippen LogP contribution in [0.25, 0.3) is 0 Å². The van der Waals surface area contributed by atoms with Crippen LogP contribution in [0, 0.1) is 0 Å². The zero-order chi connectivity index (χ0) is 9.26. The molecule has 1 aliphatic rings. The second-order valence-corrected chi connectivity index (χ2v) is 3.59. The van der Waals surface area contributed by atoms with Crippen molar-refractivity contribution in [3.8, 4) is 0 Å². The van der Waals surface area contributed by atoms with Crippen molar-refractivity contribution in [1.82, 2.24) is 15.0 Å². The minimum Gasteiger partial charge on any atom is -0.365 e. The first-order valence-corrected chi connectivity index (χ1v) is 4.64. The minimum atomic E-state index is 0.273. The van der Waals surface area contributed by atoms with Gasteiger partial charge in [0.15, 0.2) is 0 Å². The highest BCUT2D eigenvalue weighted by molar-refractivity contribution is 5.33. The first-order valence-electron chi connectivity index (χ1n) is 4.64. The third-order valence-corrected chi connectivity index (χ3v) is 2.62. The van der Waals surface area contributed by atoms with Crippen LogP contribution in [0.5, 0.6) is 0 Å². The lowest BCUT2D eigenvalue weighted by Crippen LogP contribution is -2.35. The van der Waals surface area contributed by atoms with Crippen LogP contribution in [-0.4, -0.2) is 27.1 Å². The minimum absolute atomic E-state index is 0.273. The summed E-state index contributed by atoms with van der Waals surface area (Å²) in [6.45, 7) is 0. The molecule has 1 fully saturated rings. The Bertz CT molecular complexity index is 282. The monoisotopic (exact) mass is 181 g/mol. The van der Waals surface area contributed by atoms with E-state index < -0.39 is 0 Å². The summed E-state index contributed by atoms with van der Waals surface area (Å²) >= 11 is 0. The lowest BCUT2D eigenvalue weighted by atomic mass is 10.2. The van der Waals surface area contributed by atoms with Gasteiger partial charge in [-0.25, -0.2) is 4.68 Å². The van der Waals surface area contributed by atoms with Crippen molar-refractivity contribution in [2.45, 2.75) is 31.3 Å². The van der Waals surface area contributed by atoms with Gasteiger partial charge in [-0.3, -0.25) is 0 Å². The van der Waals surface area contributed by atoms with Crippen LogP contribution < -0.4 is 11.1 Å². The normalized spacial score (nSPS) is 27.8. The number of nitrogens with zero attached hydrogens (tertiary/aromatic N) is 3. The van der Waals surface area contributed by atoms with Crippen LogP contribution in [0.3, 0.4) is 0 Å². The summed E-state index contributed by atoms with van der Waals surface area (Å²) in [5, 5.41) is 11.0. The maximum Gasteiger partial charge on any atom is 0.144 e. The van der Waals surface area contributed by atoms with Gasteiger partial charge >= 0.3 is 0 Å². The van der Waals surface area contributed by atoms with E-state index in [1.54, 1.807) is 10.9 Å². The van der Waals surface area contributed by atoms with Crippen LogP contribution >= 0.6 is 0 Å². The Morgan fingerprint density at radius 2 is 2.46 bits per heavy atom. The Morgan fingerprint density at radius 3 is 3.00 bits per heavy atom. The molecule has 0 amide bonds. The van der Waals surface area contributed by atoms with Gasteiger partial charge < -0.3 is 11.1 Å². The van der Waals surface area contributed by atoms with Gasteiger partial charge in [0.1, 0.15) is 5.82 Å². The summed E-state index contributed by atoms with van der Waals surface area (Å²) in [6.07, 6.45) is 5.20. The lowest BCUT2D eigenvalue weighted by Gasteiger charge is -2.17. The molecule has 1 aromatic rings. The molecule has 0 spiro atoms. The molecule has 72 valence electrons. The largest absolute Gasteiger partial charge is 0.365 e. The molecule has 3 N–H and O–H groups in total. The molecular formula is C8H15N5. The number of aryl methyl sites for hydroxylation is 1. The Balaban J connectivity index is 2.01. The molecular weight excluding hydrogens is 166 g/mol. The highest BCUT2D eigenvalue weighted by Gasteiger charge is 2.24. The van der Waals surface area contributed by atoms with Crippen molar-refractivity contribution in [2.24, 2.45) is 12.8 Å². The standard InChI is InChI=1S/C8H15N5/c1-13-8(5-10-12-13)11-7-4-2-3-6(7)9/h5-7,11H,2-4,9H2,1H3. The number of aromatic nitrogens is 3. The summed E-state index contributed by atoms with van der Waals surface area (Å²) in [7, 11) is 1.87.